The minimum atomic E-state index is -4.53. The molecule has 0 aliphatic carbocycles. The molecule has 1 aromatic rings. The number of nitrogens with two attached hydrogens (primary N) is 1. The van der Waals surface area contributed by atoms with Crippen LogP contribution in [0.25, 0.3) is 0 Å². The Morgan fingerprint density at radius 3 is 2.61 bits per heavy atom. The highest BCUT2D eigenvalue weighted by atomic mass is 32.2. The lowest BCUT2D eigenvalue weighted by atomic mass is 10.3. The highest BCUT2D eigenvalue weighted by Gasteiger charge is 2.33. The fourth-order valence-corrected chi connectivity index (χ4v) is 1.86. The van der Waals surface area contributed by atoms with Crippen molar-refractivity contribution >= 4 is 23.5 Å². The number of hydrogen-bond donors (Lipinski definition) is 3. The van der Waals surface area contributed by atoms with E-state index in [9.17, 15) is 13.2 Å². The Balaban J connectivity index is 2.97. The van der Waals surface area contributed by atoms with Gasteiger partial charge in [-0.2, -0.15) is 29.9 Å². The summed E-state index contributed by atoms with van der Waals surface area (Å²) in [4.78, 5) is 7.08. The van der Waals surface area contributed by atoms with Crippen molar-refractivity contribution < 1.29 is 13.2 Å². The van der Waals surface area contributed by atoms with E-state index in [4.69, 9.17) is 5.84 Å². The van der Waals surface area contributed by atoms with Gasteiger partial charge < -0.3 is 5.32 Å². The Morgan fingerprint density at radius 2 is 2.11 bits per heavy atom. The molecule has 4 N–H and O–H groups in total. The lowest BCUT2D eigenvalue weighted by Gasteiger charge is -2.15. The van der Waals surface area contributed by atoms with E-state index in [1.165, 1.54) is 0 Å². The van der Waals surface area contributed by atoms with E-state index in [1.54, 1.807) is 11.8 Å². The van der Waals surface area contributed by atoms with Gasteiger partial charge in [0.2, 0.25) is 5.95 Å². The van der Waals surface area contributed by atoms with Crippen molar-refractivity contribution in [2.75, 3.05) is 22.8 Å². The first-order valence-electron chi connectivity index (χ1n) is 5.05. The van der Waals surface area contributed by atoms with Crippen LogP contribution in [0.3, 0.4) is 0 Å². The Labute approximate surface area is 107 Å². The molecule has 1 aromatic heterocycles. The minimum absolute atomic E-state index is 0.0124. The Kier molecular flexibility index (Phi) is 5.03. The van der Waals surface area contributed by atoms with Gasteiger partial charge in [-0.3, -0.25) is 5.43 Å². The third-order valence-corrected chi connectivity index (χ3v) is 2.79. The summed E-state index contributed by atoms with van der Waals surface area (Å²) in [6.45, 7) is 1.85. The quantitative estimate of drug-likeness (QED) is 0.566. The molecular weight excluding hydrogens is 267 g/mol. The number of alkyl halides is 3. The molecule has 18 heavy (non-hydrogen) atoms. The van der Waals surface area contributed by atoms with E-state index in [1.807, 2.05) is 18.6 Å². The lowest BCUT2D eigenvalue weighted by Crippen LogP contribution is -2.21. The zero-order valence-electron chi connectivity index (χ0n) is 9.88. The predicted molar refractivity (Wildman–Crippen MR) is 66.3 cm³/mol. The molecule has 5 nitrogen and oxygen atoms in total. The summed E-state index contributed by atoms with van der Waals surface area (Å²) in [6.07, 6.45) is -2.63. The molecule has 1 atom stereocenters. The SMILES string of the molecule is CSCC(C)Nc1cc(C(F)(F)F)nc(NN)n1. The van der Waals surface area contributed by atoms with Gasteiger partial charge in [0.15, 0.2) is 5.69 Å². The van der Waals surface area contributed by atoms with E-state index >= 15 is 0 Å². The number of nitrogen functional groups attached to an aromatic ring is 1. The second-order valence-electron chi connectivity index (χ2n) is 3.60. The first-order valence-corrected chi connectivity index (χ1v) is 6.44. The standard InChI is InChI=1S/C9H14F3N5S/c1-5(4-18-2)14-7-3-6(9(10,11)12)15-8(16-7)17-13/h3,5H,4,13H2,1-2H3,(H2,14,15,16,17). The number of hydrogen-bond acceptors (Lipinski definition) is 6. The van der Waals surface area contributed by atoms with Crippen LogP contribution in [0.2, 0.25) is 0 Å². The van der Waals surface area contributed by atoms with Crippen LogP contribution in [0.5, 0.6) is 0 Å². The molecule has 0 amide bonds. The zero-order valence-corrected chi connectivity index (χ0v) is 10.7. The number of thioether (sulfide) groups is 1. The third kappa shape index (κ3) is 4.22. The Hall–Kier alpha value is -1.22. The topological polar surface area (TPSA) is 75.9 Å². The van der Waals surface area contributed by atoms with Crippen LogP contribution in [0, 0.1) is 0 Å². The van der Waals surface area contributed by atoms with E-state index in [0.29, 0.717) is 0 Å². The molecule has 0 aliphatic heterocycles. The van der Waals surface area contributed by atoms with Crippen molar-refractivity contribution in [1.82, 2.24) is 9.97 Å². The van der Waals surface area contributed by atoms with Crippen LogP contribution in [0.15, 0.2) is 6.07 Å². The summed E-state index contributed by atoms with van der Waals surface area (Å²) < 4.78 is 37.7. The molecule has 0 bridgehead atoms. The second-order valence-corrected chi connectivity index (χ2v) is 4.52. The van der Waals surface area contributed by atoms with Gasteiger partial charge in [0, 0.05) is 17.9 Å². The molecule has 102 valence electrons. The number of aromatic nitrogens is 2. The van der Waals surface area contributed by atoms with Crippen LogP contribution in [-0.2, 0) is 6.18 Å². The summed E-state index contributed by atoms with van der Waals surface area (Å²) in [6, 6.07) is 0.846. The molecule has 0 radical (unpaired) electrons. The Morgan fingerprint density at radius 1 is 1.44 bits per heavy atom. The smallest absolute Gasteiger partial charge is 0.367 e. The largest absolute Gasteiger partial charge is 0.433 e. The van der Waals surface area contributed by atoms with Gasteiger partial charge in [0.1, 0.15) is 5.82 Å². The highest BCUT2D eigenvalue weighted by molar-refractivity contribution is 7.98. The summed E-state index contributed by atoms with van der Waals surface area (Å²) >= 11 is 1.58. The molecule has 1 rings (SSSR count). The molecule has 0 spiro atoms. The predicted octanol–water partition coefficient (Wildman–Crippen LogP) is 1.94. The summed E-state index contributed by atoms with van der Waals surface area (Å²) in [5.74, 6) is 5.61. The normalized spacial score (nSPS) is 13.2. The molecule has 0 aromatic carbocycles. The molecule has 9 heteroatoms. The second kappa shape index (κ2) is 6.10. The number of anilines is 2. The van der Waals surface area contributed by atoms with E-state index in [2.05, 4.69) is 15.3 Å². The number of hydrazine groups is 1. The van der Waals surface area contributed by atoms with Crippen molar-refractivity contribution in [2.45, 2.75) is 19.1 Å². The third-order valence-electron chi connectivity index (χ3n) is 1.96. The summed E-state index contributed by atoms with van der Waals surface area (Å²) in [7, 11) is 0. The zero-order chi connectivity index (χ0) is 13.8. The van der Waals surface area contributed by atoms with Crippen LogP contribution in [0.4, 0.5) is 24.9 Å². The monoisotopic (exact) mass is 281 g/mol. The highest BCUT2D eigenvalue weighted by Crippen LogP contribution is 2.29. The van der Waals surface area contributed by atoms with Crippen LogP contribution >= 0.6 is 11.8 Å². The van der Waals surface area contributed by atoms with Gasteiger partial charge in [-0.15, -0.1) is 0 Å². The lowest BCUT2D eigenvalue weighted by molar-refractivity contribution is -0.141. The van der Waals surface area contributed by atoms with E-state index in [-0.39, 0.29) is 17.8 Å². The van der Waals surface area contributed by atoms with Gasteiger partial charge in [0.05, 0.1) is 0 Å². The molecule has 0 fully saturated rings. The van der Waals surface area contributed by atoms with Crippen molar-refractivity contribution in [3.63, 3.8) is 0 Å². The van der Waals surface area contributed by atoms with Crippen LogP contribution in [-0.4, -0.2) is 28.0 Å². The molecule has 1 heterocycles. The maximum absolute atomic E-state index is 12.6. The first kappa shape index (κ1) is 14.8. The molecule has 0 saturated carbocycles. The van der Waals surface area contributed by atoms with Crippen LogP contribution < -0.4 is 16.6 Å². The average molecular weight is 281 g/mol. The fourth-order valence-electron chi connectivity index (χ4n) is 1.28. The molecule has 0 aliphatic rings. The minimum Gasteiger partial charge on any atom is -0.367 e. The van der Waals surface area contributed by atoms with E-state index in [0.717, 1.165) is 11.8 Å². The maximum Gasteiger partial charge on any atom is 0.433 e. The van der Waals surface area contributed by atoms with E-state index < -0.39 is 11.9 Å². The first-order chi connectivity index (χ1) is 8.36. The van der Waals surface area contributed by atoms with Gasteiger partial charge in [-0.05, 0) is 13.2 Å². The number of rotatable bonds is 5. The fraction of sp³-hybridized carbons (Fsp3) is 0.556. The van der Waals surface area contributed by atoms with Crippen molar-refractivity contribution in [3.8, 4) is 0 Å². The Bertz CT molecular complexity index is 398. The van der Waals surface area contributed by atoms with Gasteiger partial charge in [-0.25, -0.2) is 10.8 Å². The summed E-state index contributed by atoms with van der Waals surface area (Å²) in [5, 5.41) is 2.86. The average Bonchev–Trinajstić information content (AvgIpc) is 2.27. The number of nitrogens with zero attached hydrogens (tertiary/aromatic N) is 2. The van der Waals surface area contributed by atoms with Crippen molar-refractivity contribution in [1.29, 1.82) is 0 Å². The van der Waals surface area contributed by atoms with Crippen LogP contribution in [0.1, 0.15) is 12.6 Å². The number of halogens is 3. The van der Waals surface area contributed by atoms with Gasteiger partial charge in [0.25, 0.3) is 0 Å². The van der Waals surface area contributed by atoms with Gasteiger partial charge in [-0.1, -0.05) is 0 Å². The molecule has 1 unspecified atom stereocenters. The van der Waals surface area contributed by atoms with Crippen molar-refractivity contribution in [3.05, 3.63) is 11.8 Å². The number of nitrogens with one attached hydrogen (secondary N) is 2. The molecular formula is C9H14F3N5S. The van der Waals surface area contributed by atoms with Gasteiger partial charge >= 0.3 is 6.18 Å². The molecule has 0 saturated heterocycles. The summed E-state index contributed by atoms with van der Waals surface area (Å²) in [5.41, 5.74) is 0.980. The maximum atomic E-state index is 12.6. The van der Waals surface area contributed by atoms with Crippen molar-refractivity contribution in [2.24, 2.45) is 5.84 Å².